The van der Waals surface area contributed by atoms with E-state index in [1.54, 1.807) is 6.20 Å². The van der Waals surface area contributed by atoms with Crippen LogP contribution in [0.2, 0.25) is 0 Å². The molecule has 1 saturated carbocycles. The second-order valence-corrected chi connectivity index (χ2v) is 4.18. The first kappa shape index (κ1) is 10.1. The molecule has 2 unspecified atom stereocenters. The maximum absolute atomic E-state index is 11.7. The van der Waals surface area contributed by atoms with Crippen molar-refractivity contribution in [2.75, 3.05) is 6.61 Å². The van der Waals surface area contributed by atoms with E-state index in [-0.39, 0.29) is 17.3 Å². The fourth-order valence-electron chi connectivity index (χ4n) is 1.95. The summed E-state index contributed by atoms with van der Waals surface area (Å²) in [5.74, 6) is 0.198. The predicted molar refractivity (Wildman–Crippen MR) is 56.3 cm³/mol. The summed E-state index contributed by atoms with van der Waals surface area (Å²) in [5, 5.41) is 0. The molecule has 1 aliphatic carbocycles. The van der Waals surface area contributed by atoms with Crippen LogP contribution >= 0.6 is 0 Å². The van der Waals surface area contributed by atoms with Crippen molar-refractivity contribution in [2.24, 2.45) is 5.41 Å². The fraction of sp³-hybridized carbons (Fsp3) is 0.500. The molecule has 0 aromatic carbocycles. The Hall–Kier alpha value is -1.38. The predicted octanol–water partition coefficient (Wildman–Crippen LogP) is 2.14. The molecule has 0 N–H and O–H groups in total. The molecule has 3 nitrogen and oxygen atoms in total. The lowest BCUT2D eigenvalue weighted by Crippen LogP contribution is -2.17. The minimum atomic E-state index is -0.320. The number of pyridine rings is 1. The topological polar surface area (TPSA) is 39.2 Å². The third-order valence-corrected chi connectivity index (χ3v) is 3.07. The molecule has 1 aliphatic rings. The molecule has 15 heavy (non-hydrogen) atoms. The Labute approximate surface area is 89.5 Å². The molecule has 3 heteroatoms. The van der Waals surface area contributed by atoms with Crippen LogP contribution in [0.15, 0.2) is 24.5 Å². The zero-order valence-electron chi connectivity index (χ0n) is 9.06. The highest BCUT2D eigenvalue weighted by atomic mass is 16.5. The lowest BCUT2D eigenvalue weighted by atomic mass is 10.0. The molecule has 80 valence electrons. The molecule has 0 bridgehead atoms. The Balaban J connectivity index is 2.09. The van der Waals surface area contributed by atoms with Gasteiger partial charge in [0.15, 0.2) is 0 Å². The Morgan fingerprint density at radius 2 is 2.53 bits per heavy atom. The van der Waals surface area contributed by atoms with Gasteiger partial charge in [0.1, 0.15) is 0 Å². The van der Waals surface area contributed by atoms with Crippen LogP contribution in [-0.2, 0) is 9.53 Å². The number of carbonyl (C=O) groups is 1. The van der Waals surface area contributed by atoms with Crippen LogP contribution in [0.4, 0.5) is 0 Å². The van der Waals surface area contributed by atoms with E-state index in [2.05, 4.69) is 4.98 Å². The van der Waals surface area contributed by atoms with E-state index in [9.17, 15) is 4.79 Å². The molecule has 0 amide bonds. The van der Waals surface area contributed by atoms with Crippen LogP contribution in [0.5, 0.6) is 0 Å². The third-order valence-electron chi connectivity index (χ3n) is 3.07. The van der Waals surface area contributed by atoms with Crippen molar-refractivity contribution in [3.63, 3.8) is 0 Å². The summed E-state index contributed by atoms with van der Waals surface area (Å²) in [6, 6.07) is 3.92. The summed E-state index contributed by atoms with van der Waals surface area (Å²) in [7, 11) is 0. The van der Waals surface area contributed by atoms with Crippen LogP contribution < -0.4 is 0 Å². The SMILES string of the molecule is CCOC(=O)C1(C)CC1c1cccnc1. The van der Waals surface area contributed by atoms with Gasteiger partial charge in [0.05, 0.1) is 12.0 Å². The average Bonchev–Trinajstić information content (AvgIpc) is 2.94. The summed E-state index contributed by atoms with van der Waals surface area (Å²) in [6.07, 6.45) is 4.44. The first-order valence-corrected chi connectivity index (χ1v) is 5.25. The Morgan fingerprint density at radius 1 is 1.73 bits per heavy atom. The van der Waals surface area contributed by atoms with Gasteiger partial charge < -0.3 is 4.74 Å². The van der Waals surface area contributed by atoms with Crippen molar-refractivity contribution >= 4 is 5.97 Å². The maximum Gasteiger partial charge on any atom is 0.312 e. The summed E-state index contributed by atoms with van der Waals surface area (Å²) in [4.78, 5) is 15.7. The lowest BCUT2D eigenvalue weighted by molar-refractivity contribution is -0.149. The molecule has 1 fully saturated rings. The molecule has 0 radical (unpaired) electrons. The molecule has 1 aromatic rings. The average molecular weight is 205 g/mol. The highest BCUT2D eigenvalue weighted by Crippen LogP contribution is 2.59. The number of esters is 1. The number of hydrogen-bond donors (Lipinski definition) is 0. The van der Waals surface area contributed by atoms with Gasteiger partial charge in [0.25, 0.3) is 0 Å². The van der Waals surface area contributed by atoms with Crippen LogP contribution in [0, 0.1) is 5.41 Å². The van der Waals surface area contributed by atoms with E-state index in [0.29, 0.717) is 6.61 Å². The Morgan fingerprint density at radius 3 is 3.13 bits per heavy atom. The second kappa shape index (κ2) is 3.65. The second-order valence-electron chi connectivity index (χ2n) is 4.18. The van der Waals surface area contributed by atoms with Gasteiger partial charge in [-0.2, -0.15) is 0 Å². The molecular formula is C12H15NO2. The van der Waals surface area contributed by atoms with E-state index in [1.807, 2.05) is 32.2 Å². The smallest absolute Gasteiger partial charge is 0.312 e. The zero-order chi connectivity index (χ0) is 10.9. The van der Waals surface area contributed by atoms with Gasteiger partial charge in [-0.1, -0.05) is 6.07 Å². The van der Waals surface area contributed by atoms with Crippen LogP contribution in [0.3, 0.4) is 0 Å². The zero-order valence-corrected chi connectivity index (χ0v) is 9.06. The van der Waals surface area contributed by atoms with E-state index in [1.165, 1.54) is 0 Å². The third kappa shape index (κ3) is 1.74. The monoisotopic (exact) mass is 205 g/mol. The summed E-state index contributed by atoms with van der Waals surface area (Å²) in [5.41, 5.74) is 0.812. The van der Waals surface area contributed by atoms with Gasteiger partial charge >= 0.3 is 5.97 Å². The number of nitrogens with zero attached hydrogens (tertiary/aromatic N) is 1. The van der Waals surface area contributed by atoms with Crippen LogP contribution in [0.25, 0.3) is 0 Å². The van der Waals surface area contributed by atoms with E-state index in [0.717, 1.165) is 12.0 Å². The van der Waals surface area contributed by atoms with Gasteiger partial charge in [-0.3, -0.25) is 9.78 Å². The van der Waals surface area contributed by atoms with Crippen molar-refractivity contribution in [3.8, 4) is 0 Å². The van der Waals surface area contributed by atoms with Crippen LogP contribution in [0.1, 0.15) is 31.7 Å². The molecule has 2 atom stereocenters. The largest absolute Gasteiger partial charge is 0.466 e. The number of rotatable bonds is 3. The molecule has 0 aliphatic heterocycles. The lowest BCUT2D eigenvalue weighted by Gasteiger charge is -2.09. The molecule has 0 saturated heterocycles. The van der Waals surface area contributed by atoms with E-state index in [4.69, 9.17) is 4.74 Å². The van der Waals surface area contributed by atoms with Crippen LogP contribution in [-0.4, -0.2) is 17.6 Å². The summed E-state index contributed by atoms with van der Waals surface area (Å²) in [6.45, 7) is 4.25. The number of carbonyl (C=O) groups excluding carboxylic acids is 1. The highest BCUT2D eigenvalue weighted by molar-refractivity contribution is 5.81. The molecule has 1 aromatic heterocycles. The van der Waals surface area contributed by atoms with E-state index < -0.39 is 0 Å². The van der Waals surface area contributed by atoms with Gasteiger partial charge in [-0.05, 0) is 31.9 Å². The number of ether oxygens (including phenoxy) is 1. The van der Waals surface area contributed by atoms with Gasteiger partial charge in [-0.25, -0.2) is 0 Å². The van der Waals surface area contributed by atoms with Crippen molar-refractivity contribution < 1.29 is 9.53 Å². The number of aromatic nitrogens is 1. The Kier molecular flexibility index (Phi) is 2.47. The minimum Gasteiger partial charge on any atom is -0.466 e. The van der Waals surface area contributed by atoms with E-state index >= 15 is 0 Å². The summed E-state index contributed by atoms with van der Waals surface area (Å²) >= 11 is 0. The first-order chi connectivity index (χ1) is 7.18. The molecule has 0 spiro atoms. The van der Waals surface area contributed by atoms with Gasteiger partial charge in [-0.15, -0.1) is 0 Å². The molecular weight excluding hydrogens is 190 g/mol. The van der Waals surface area contributed by atoms with Gasteiger partial charge in [0, 0.05) is 18.3 Å². The number of hydrogen-bond acceptors (Lipinski definition) is 3. The maximum atomic E-state index is 11.7. The summed E-state index contributed by atoms with van der Waals surface area (Å²) < 4.78 is 5.06. The molecule has 1 heterocycles. The standard InChI is InChI=1S/C12H15NO2/c1-3-15-11(14)12(2)7-10(12)9-5-4-6-13-8-9/h4-6,8,10H,3,7H2,1-2H3. The fourth-order valence-corrected chi connectivity index (χ4v) is 1.95. The first-order valence-electron chi connectivity index (χ1n) is 5.25. The Bertz CT molecular complexity index is 363. The molecule has 2 rings (SSSR count). The minimum absolute atomic E-state index is 0.0844. The van der Waals surface area contributed by atoms with Crippen molar-refractivity contribution in [2.45, 2.75) is 26.2 Å². The quantitative estimate of drug-likeness (QED) is 0.710. The van der Waals surface area contributed by atoms with Crippen molar-refractivity contribution in [3.05, 3.63) is 30.1 Å². The highest BCUT2D eigenvalue weighted by Gasteiger charge is 2.57. The van der Waals surface area contributed by atoms with Crippen molar-refractivity contribution in [1.29, 1.82) is 0 Å². The van der Waals surface area contributed by atoms with Crippen molar-refractivity contribution in [1.82, 2.24) is 4.98 Å². The van der Waals surface area contributed by atoms with Gasteiger partial charge in [0.2, 0.25) is 0 Å². The normalized spacial score (nSPS) is 28.5.